The maximum atomic E-state index is 12.2. The number of hydrogen-bond donors (Lipinski definition) is 3. The van der Waals surface area contributed by atoms with E-state index in [2.05, 4.69) is 29.0 Å². The number of carbonyl (C=O) groups excluding carboxylic acids is 1. The lowest BCUT2D eigenvalue weighted by Gasteiger charge is -2.35. The van der Waals surface area contributed by atoms with Crippen LogP contribution < -0.4 is 11.1 Å². The Morgan fingerprint density at radius 3 is 2.51 bits per heavy atom. The normalized spacial score (nSPS) is 15.4. The van der Waals surface area contributed by atoms with Crippen LogP contribution >= 0.6 is 0 Å². The zero-order chi connectivity index (χ0) is 27.6. The first kappa shape index (κ1) is 30.3. The minimum atomic E-state index is -4.42. The SMILES string of the molecule is CCCC(N)C(=O)Nc1cn(C(C)(C)CN2CCOCC2)cn1.O=C(O)Cc1cccc(C(F)(F)F)c1. The molecule has 0 bridgehead atoms. The summed E-state index contributed by atoms with van der Waals surface area (Å²) in [6.45, 7) is 10.7. The van der Waals surface area contributed by atoms with Gasteiger partial charge in [0.25, 0.3) is 0 Å². The Hall–Kier alpha value is -2.96. The number of imidazole rings is 1. The second-order valence-corrected chi connectivity index (χ2v) is 9.52. The fraction of sp³-hybridized carbons (Fsp3) is 0.560. The third-order valence-corrected chi connectivity index (χ3v) is 5.79. The Morgan fingerprint density at radius 2 is 1.92 bits per heavy atom. The van der Waals surface area contributed by atoms with E-state index in [1.165, 1.54) is 12.1 Å². The molecule has 2 aromatic rings. The summed E-state index contributed by atoms with van der Waals surface area (Å²) in [6, 6.07) is 3.82. The van der Waals surface area contributed by atoms with E-state index in [4.69, 9.17) is 15.6 Å². The molecule has 1 aliphatic heterocycles. The van der Waals surface area contributed by atoms with Crippen molar-refractivity contribution in [3.05, 3.63) is 47.9 Å². The summed E-state index contributed by atoms with van der Waals surface area (Å²) in [7, 11) is 0. The van der Waals surface area contributed by atoms with E-state index >= 15 is 0 Å². The summed E-state index contributed by atoms with van der Waals surface area (Å²) in [5.74, 6) is -0.774. The lowest BCUT2D eigenvalue weighted by atomic mass is 10.0. The highest BCUT2D eigenvalue weighted by molar-refractivity contribution is 5.93. The second-order valence-electron chi connectivity index (χ2n) is 9.52. The fourth-order valence-electron chi connectivity index (χ4n) is 3.80. The number of carbonyl (C=O) groups is 2. The van der Waals surface area contributed by atoms with Gasteiger partial charge in [-0.1, -0.05) is 31.5 Å². The van der Waals surface area contributed by atoms with Crippen molar-refractivity contribution in [2.45, 2.75) is 57.8 Å². The van der Waals surface area contributed by atoms with Crippen molar-refractivity contribution in [3.63, 3.8) is 0 Å². The summed E-state index contributed by atoms with van der Waals surface area (Å²) >= 11 is 0. The van der Waals surface area contributed by atoms with E-state index < -0.39 is 30.2 Å². The highest BCUT2D eigenvalue weighted by Gasteiger charge is 2.30. The second kappa shape index (κ2) is 13.5. The van der Waals surface area contributed by atoms with Gasteiger partial charge in [-0.25, -0.2) is 4.98 Å². The van der Waals surface area contributed by atoms with Gasteiger partial charge in [0, 0.05) is 25.8 Å². The zero-order valence-corrected chi connectivity index (χ0v) is 21.4. The van der Waals surface area contributed by atoms with Crippen molar-refractivity contribution < 1.29 is 32.6 Å². The molecule has 2 heterocycles. The molecule has 1 atom stereocenters. The number of hydrogen-bond acceptors (Lipinski definition) is 6. The van der Waals surface area contributed by atoms with Crippen LogP contribution in [0.3, 0.4) is 0 Å². The van der Waals surface area contributed by atoms with Crippen LogP contribution in [0.2, 0.25) is 0 Å². The zero-order valence-electron chi connectivity index (χ0n) is 21.4. The minimum absolute atomic E-state index is 0.112. The Balaban J connectivity index is 0.000000294. The maximum Gasteiger partial charge on any atom is 0.416 e. The Labute approximate surface area is 214 Å². The number of anilines is 1. The standard InChI is InChI=1S/C16H29N5O2.C9H7F3O2/c1-4-5-13(17)15(22)19-14-10-21(12-18-14)16(2,3)11-20-6-8-23-9-7-20;10-9(11,12)7-3-1-2-6(4-7)5-8(13)14/h10,12-13H,4-9,11,17H2,1-3H3,(H,19,22);1-4H,5H2,(H,13,14). The quantitative estimate of drug-likeness (QED) is 0.457. The van der Waals surface area contributed by atoms with Gasteiger partial charge in [-0.15, -0.1) is 0 Å². The monoisotopic (exact) mass is 527 g/mol. The first-order valence-corrected chi connectivity index (χ1v) is 12.1. The van der Waals surface area contributed by atoms with Gasteiger partial charge >= 0.3 is 12.1 Å². The molecule has 0 aliphatic carbocycles. The average molecular weight is 528 g/mol. The van der Waals surface area contributed by atoms with Crippen molar-refractivity contribution in [2.75, 3.05) is 38.2 Å². The molecular weight excluding hydrogens is 491 g/mol. The third-order valence-electron chi connectivity index (χ3n) is 5.79. The van der Waals surface area contributed by atoms with E-state index in [0.29, 0.717) is 12.2 Å². The summed E-state index contributed by atoms with van der Waals surface area (Å²) in [5.41, 5.74) is 5.04. The van der Waals surface area contributed by atoms with Gasteiger partial charge < -0.3 is 25.5 Å². The van der Waals surface area contributed by atoms with E-state index in [1.54, 1.807) is 6.33 Å². The van der Waals surface area contributed by atoms with Gasteiger partial charge in [0.2, 0.25) is 5.91 Å². The molecule has 1 saturated heterocycles. The van der Waals surface area contributed by atoms with Crippen molar-refractivity contribution in [1.82, 2.24) is 14.5 Å². The highest BCUT2D eigenvalue weighted by atomic mass is 19.4. The molecule has 206 valence electrons. The number of ether oxygens (including phenoxy) is 1. The molecular formula is C25H36F3N5O4. The number of carboxylic acid groups (broad SMARTS) is 1. The average Bonchev–Trinajstić information content (AvgIpc) is 3.29. The summed E-state index contributed by atoms with van der Waals surface area (Å²) in [5, 5.41) is 11.2. The van der Waals surface area contributed by atoms with Gasteiger partial charge in [0.15, 0.2) is 5.82 Å². The van der Waals surface area contributed by atoms with Crippen LogP contribution in [-0.4, -0.2) is 70.3 Å². The predicted octanol–water partition coefficient (Wildman–Crippen LogP) is 3.35. The Morgan fingerprint density at radius 1 is 1.24 bits per heavy atom. The topological polar surface area (TPSA) is 123 Å². The molecule has 1 aromatic carbocycles. The number of nitrogens with one attached hydrogen (secondary N) is 1. The molecule has 1 amide bonds. The third kappa shape index (κ3) is 10.1. The van der Waals surface area contributed by atoms with Crippen LogP contribution in [0.15, 0.2) is 36.8 Å². The molecule has 0 spiro atoms. The fourth-order valence-corrected chi connectivity index (χ4v) is 3.80. The van der Waals surface area contributed by atoms with E-state index in [-0.39, 0.29) is 17.0 Å². The number of nitrogens with two attached hydrogens (primary N) is 1. The molecule has 9 nitrogen and oxygen atoms in total. The first-order valence-electron chi connectivity index (χ1n) is 12.1. The molecule has 1 fully saturated rings. The van der Waals surface area contributed by atoms with Gasteiger partial charge in [0.1, 0.15) is 0 Å². The first-order chi connectivity index (χ1) is 17.3. The number of carboxylic acids is 1. The van der Waals surface area contributed by atoms with E-state index in [9.17, 15) is 22.8 Å². The molecule has 37 heavy (non-hydrogen) atoms. The molecule has 4 N–H and O–H groups in total. The maximum absolute atomic E-state index is 12.2. The van der Waals surface area contributed by atoms with Crippen molar-refractivity contribution in [1.29, 1.82) is 0 Å². The van der Waals surface area contributed by atoms with Crippen molar-refractivity contribution in [3.8, 4) is 0 Å². The Bertz CT molecular complexity index is 1020. The molecule has 1 unspecified atom stereocenters. The lowest BCUT2D eigenvalue weighted by molar-refractivity contribution is -0.138. The van der Waals surface area contributed by atoms with Gasteiger partial charge in [0.05, 0.1) is 43.1 Å². The lowest BCUT2D eigenvalue weighted by Crippen LogP contribution is -2.45. The van der Waals surface area contributed by atoms with Gasteiger partial charge in [-0.2, -0.15) is 13.2 Å². The number of nitrogens with zero attached hydrogens (tertiary/aromatic N) is 3. The predicted molar refractivity (Wildman–Crippen MR) is 133 cm³/mol. The van der Waals surface area contributed by atoms with Gasteiger partial charge in [-0.05, 0) is 31.9 Å². The molecule has 12 heteroatoms. The number of morpholine rings is 1. The van der Waals surface area contributed by atoms with Crippen LogP contribution in [0.1, 0.15) is 44.7 Å². The van der Waals surface area contributed by atoms with Crippen LogP contribution in [0, 0.1) is 0 Å². The summed E-state index contributed by atoms with van der Waals surface area (Å²) in [4.78, 5) is 28.9. The van der Waals surface area contributed by atoms with E-state index in [1.807, 2.05) is 17.7 Å². The Kier molecular flexibility index (Phi) is 11.1. The largest absolute Gasteiger partial charge is 0.481 e. The summed E-state index contributed by atoms with van der Waals surface area (Å²) < 4.78 is 43.9. The van der Waals surface area contributed by atoms with Gasteiger partial charge in [-0.3, -0.25) is 14.5 Å². The van der Waals surface area contributed by atoms with Crippen LogP contribution in [0.5, 0.6) is 0 Å². The number of aromatic nitrogens is 2. The molecule has 1 aliphatic rings. The molecule has 1 aromatic heterocycles. The molecule has 0 saturated carbocycles. The number of rotatable bonds is 9. The number of aliphatic carboxylic acids is 1. The van der Waals surface area contributed by atoms with Crippen LogP contribution in [-0.2, 0) is 32.5 Å². The molecule has 3 rings (SSSR count). The van der Waals surface area contributed by atoms with E-state index in [0.717, 1.165) is 51.4 Å². The van der Waals surface area contributed by atoms with Crippen LogP contribution in [0.25, 0.3) is 0 Å². The molecule has 0 radical (unpaired) electrons. The number of alkyl halides is 3. The highest BCUT2D eigenvalue weighted by Crippen LogP contribution is 2.29. The smallest absolute Gasteiger partial charge is 0.416 e. The number of amides is 1. The summed E-state index contributed by atoms with van der Waals surface area (Å²) in [6.07, 6.45) is 0.377. The van der Waals surface area contributed by atoms with Crippen molar-refractivity contribution in [2.24, 2.45) is 5.73 Å². The number of benzene rings is 1. The van der Waals surface area contributed by atoms with Crippen molar-refractivity contribution >= 4 is 17.7 Å². The van der Waals surface area contributed by atoms with Crippen LogP contribution in [0.4, 0.5) is 19.0 Å². The minimum Gasteiger partial charge on any atom is -0.481 e. The number of halogens is 3.